The second kappa shape index (κ2) is 3.44. The largest absolute Gasteiger partial charge is 0.377 e. The Morgan fingerprint density at radius 2 is 2.25 bits per heavy atom. The van der Waals surface area contributed by atoms with E-state index in [2.05, 4.69) is 0 Å². The van der Waals surface area contributed by atoms with E-state index >= 15 is 0 Å². The molecule has 0 aromatic rings. The van der Waals surface area contributed by atoms with Crippen LogP contribution >= 0.6 is 0 Å². The van der Waals surface area contributed by atoms with Crippen molar-refractivity contribution >= 4 is 10.8 Å². The Kier molecular flexibility index (Phi) is 2.48. The molecule has 4 heteroatoms. The van der Waals surface area contributed by atoms with Crippen molar-refractivity contribution in [3.63, 3.8) is 0 Å². The molecule has 12 heavy (non-hydrogen) atoms. The molecule has 2 fully saturated rings. The molecule has 0 bridgehead atoms. The van der Waals surface area contributed by atoms with Crippen molar-refractivity contribution in [2.75, 3.05) is 19.0 Å². The molecule has 0 radical (unpaired) electrons. The van der Waals surface area contributed by atoms with E-state index in [0.717, 1.165) is 19.6 Å². The first kappa shape index (κ1) is 8.66. The van der Waals surface area contributed by atoms with Gasteiger partial charge in [-0.25, -0.2) is 0 Å². The van der Waals surface area contributed by atoms with Gasteiger partial charge in [0.25, 0.3) is 0 Å². The molecule has 2 rings (SSSR count). The normalized spacial score (nSPS) is 42.9. The van der Waals surface area contributed by atoms with Gasteiger partial charge < -0.3 is 9.47 Å². The van der Waals surface area contributed by atoms with Crippen LogP contribution in [0.1, 0.15) is 13.3 Å². The molecule has 0 N–H and O–H groups in total. The molecule has 2 aliphatic rings. The van der Waals surface area contributed by atoms with Crippen LogP contribution < -0.4 is 0 Å². The van der Waals surface area contributed by atoms with Crippen LogP contribution in [0.25, 0.3) is 0 Å². The van der Waals surface area contributed by atoms with Crippen LogP contribution in [0.15, 0.2) is 0 Å². The van der Waals surface area contributed by atoms with Gasteiger partial charge in [0, 0.05) is 17.4 Å². The van der Waals surface area contributed by atoms with Crippen LogP contribution in [0.5, 0.6) is 0 Å². The molecule has 0 saturated carbocycles. The molecule has 2 aliphatic heterocycles. The summed E-state index contributed by atoms with van der Waals surface area (Å²) in [6.07, 6.45) is 1.39. The molecule has 4 atom stereocenters. The third-order valence-corrected chi connectivity index (χ3v) is 4.39. The molecule has 0 spiro atoms. The minimum atomic E-state index is -0.743. The highest BCUT2D eigenvalue weighted by Gasteiger charge is 2.34. The van der Waals surface area contributed by atoms with Crippen LogP contribution in [-0.4, -0.2) is 40.6 Å². The summed E-state index contributed by atoms with van der Waals surface area (Å²) in [7, 11) is -0.743. The quantitative estimate of drug-likeness (QED) is 0.601. The molecule has 3 nitrogen and oxygen atoms in total. The predicted octanol–water partition coefficient (Wildman–Crippen LogP) is 0.311. The van der Waals surface area contributed by atoms with E-state index in [1.165, 1.54) is 0 Å². The number of rotatable bonds is 3. The molecule has 2 heterocycles. The molecule has 0 aliphatic carbocycles. The van der Waals surface area contributed by atoms with Gasteiger partial charge in [-0.2, -0.15) is 0 Å². The van der Waals surface area contributed by atoms with Crippen LogP contribution in [-0.2, 0) is 20.3 Å². The van der Waals surface area contributed by atoms with Crippen molar-refractivity contribution in [3.05, 3.63) is 0 Å². The van der Waals surface area contributed by atoms with E-state index in [4.69, 9.17) is 9.47 Å². The van der Waals surface area contributed by atoms with Crippen LogP contribution in [0.4, 0.5) is 0 Å². The zero-order chi connectivity index (χ0) is 8.55. The maximum absolute atomic E-state index is 11.7. The first-order valence-electron chi connectivity index (χ1n) is 4.38. The van der Waals surface area contributed by atoms with Gasteiger partial charge in [0.15, 0.2) is 0 Å². The van der Waals surface area contributed by atoms with Crippen molar-refractivity contribution in [2.45, 2.75) is 30.8 Å². The van der Waals surface area contributed by atoms with E-state index in [0.29, 0.717) is 5.75 Å². The second-order valence-corrected chi connectivity index (χ2v) is 5.11. The van der Waals surface area contributed by atoms with Crippen molar-refractivity contribution in [2.24, 2.45) is 0 Å². The summed E-state index contributed by atoms with van der Waals surface area (Å²) in [6, 6.07) is 0. The monoisotopic (exact) mass is 190 g/mol. The van der Waals surface area contributed by atoms with Crippen LogP contribution in [0.3, 0.4) is 0 Å². The Balaban J connectivity index is 1.84. The van der Waals surface area contributed by atoms with Gasteiger partial charge in [0.05, 0.1) is 29.8 Å². The van der Waals surface area contributed by atoms with Gasteiger partial charge in [-0.3, -0.25) is 4.21 Å². The first-order chi connectivity index (χ1) is 5.77. The number of ether oxygens (including phenoxy) is 2. The van der Waals surface area contributed by atoms with E-state index in [-0.39, 0.29) is 17.5 Å². The minimum absolute atomic E-state index is 0.171. The molecule has 0 amide bonds. The maximum atomic E-state index is 11.7. The highest BCUT2D eigenvalue weighted by molar-refractivity contribution is 7.85. The highest BCUT2D eigenvalue weighted by atomic mass is 32.2. The Hall–Kier alpha value is 0.0700. The SMILES string of the molecule is CC1OCCC1S(=O)C[C@@H]1CO1. The Morgan fingerprint density at radius 1 is 1.50 bits per heavy atom. The third kappa shape index (κ3) is 1.87. The number of epoxide rings is 1. The average Bonchev–Trinajstić information content (AvgIpc) is 2.72. The van der Waals surface area contributed by atoms with Gasteiger partial charge in [-0.05, 0) is 13.3 Å². The summed E-state index contributed by atoms with van der Waals surface area (Å²) in [5, 5.41) is 0.245. The fraction of sp³-hybridized carbons (Fsp3) is 1.00. The summed E-state index contributed by atoms with van der Waals surface area (Å²) in [5.41, 5.74) is 0. The van der Waals surface area contributed by atoms with Gasteiger partial charge in [-0.15, -0.1) is 0 Å². The van der Waals surface area contributed by atoms with Crippen molar-refractivity contribution in [1.82, 2.24) is 0 Å². The summed E-state index contributed by atoms with van der Waals surface area (Å²) in [5.74, 6) is 0.707. The lowest BCUT2D eigenvalue weighted by atomic mass is 10.3. The lowest BCUT2D eigenvalue weighted by molar-refractivity contribution is 0.127. The molecule has 0 aromatic carbocycles. The third-order valence-electron chi connectivity index (χ3n) is 2.40. The number of hydrogen-bond donors (Lipinski definition) is 0. The van der Waals surface area contributed by atoms with Crippen molar-refractivity contribution < 1.29 is 13.7 Å². The molecule has 0 aromatic heterocycles. The molecular formula is C8H14O3S. The van der Waals surface area contributed by atoms with Gasteiger partial charge in [0.1, 0.15) is 0 Å². The minimum Gasteiger partial charge on any atom is -0.377 e. The standard InChI is InChI=1S/C8H14O3S/c1-6-8(2-3-10-6)12(9)5-7-4-11-7/h6-8H,2-5H2,1H3/t6?,7-,8?,12?/m0/s1. The zero-order valence-electron chi connectivity index (χ0n) is 7.19. The second-order valence-electron chi connectivity index (χ2n) is 3.41. The predicted molar refractivity (Wildman–Crippen MR) is 46.6 cm³/mol. The van der Waals surface area contributed by atoms with E-state index < -0.39 is 10.8 Å². The number of hydrogen-bond acceptors (Lipinski definition) is 3. The first-order valence-corrected chi connectivity index (χ1v) is 5.76. The lowest BCUT2D eigenvalue weighted by Gasteiger charge is -2.12. The summed E-state index contributed by atoms with van der Waals surface area (Å²) >= 11 is 0. The highest BCUT2D eigenvalue weighted by Crippen LogP contribution is 2.21. The fourth-order valence-corrected chi connectivity index (χ4v) is 3.20. The van der Waals surface area contributed by atoms with Gasteiger partial charge in [0.2, 0.25) is 0 Å². The van der Waals surface area contributed by atoms with Gasteiger partial charge >= 0.3 is 0 Å². The van der Waals surface area contributed by atoms with Crippen molar-refractivity contribution in [3.8, 4) is 0 Å². The molecule has 3 unspecified atom stereocenters. The van der Waals surface area contributed by atoms with E-state index in [1.807, 2.05) is 6.92 Å². The maximum Gasteiger partial charge on any atom is 0.0924 e. The fourth-order valence-electron chi connectivity index (χ4n) is 1.53. The van der Waals surface area contributed by atoms with Crippen molar-refractivity contribution in [1.29, 1.82) is 0 Å². The molecule has 70 valence electrons. The van der Waals surface area contributed by atoms with Crippen LogP contribution in [0.2, 0.25) is 0 Å². The van der Waals surface area contributed by atoms with E-state index in [1.54, 1.807) is 0 Å². The average molecular weight is 190 g/mol. The van der Waals surface area contributed by atoms with Crippen LogP contribution in [0, 0.1) is 0 Å². The lowest BCUT2D eigenvalue weighted by Crippen LogP contribution is -2.26. The Labute approximate surface area is 74.9 Å². The summed E-state index contributed by atoms with van der Waals surface area (Å²) < 4.78 is 22.1. The van der Waals surface area contributed by atoms with E-state index in [9.17, 15) is 4.21 Å². The summed E-state index contributed by atoms with van der Waals surface area (Å²) in [6.45, 7) is 3.57. The van der Waals surface area contributed by atoms with Gasteiger partial charge in [-0.1, -0.05) is 0 Å². The summed E-state index contributed by atoms with van der Waals surface area (Å²) in [4.78, 5) is 0. The molecule has 2 saturated heterocycles. The Bertz CT molecular complexity index is 191. The zero-order valence-corrected chi connectivity index (χ0v) is 8.01. The smallest absolute Gasteiger partial charge is 0.0924 e. The topological polar surface area (TPSA) is 38.8 Å². The Morgan fingerprint density at radius 3 is 2.75 bits per heavy atom. The molecular weight excluding hydrogens is 176 g/mol.